The van der Waals surface area contributed by atoms with E-state index >= 15 is 0 Å². The normalized spacial score (nSPS) is 30.6. The fraction of sp³-hybridized carbons (Fsp3) is 0.636. The summed E-state index contributed by atoms with van der Waals surface area (Å²) in [6.07, 6.45) is 9.59. The van der Waals surface area contributed by atoms with E-state index in [1.54, 1.807) is 0 Å². The minimum absolute atomic E-state index is 0.575. The van der Waals surface area contributed by atoms with E-state index in [-0.39, 0.29) is 0 Å². The molecule has 0 aromatic carbocycles. The molecule has 2 unspecified atom stereocenters. The lowest BCUT2D eigenvalue weighted by atomic mass is 9.98. The number of fused-ring (bicyclic) bond motifs is 2. The Labute approximate surface area is 93.2 Å². The van der Waals surface area contributed by atoms with E-state index in [1.165, 1.54) is 31.3 Å². The maximum atomic E-state index is 6.27. The van der Waals surface area contributed by atoms with Gasteiger partial charge in [-0.2, -0.15) is 0 Å². The highest BCUT2D eigenvalue weighted by Crippen LogP contribution is 2.47. The van der Waals surface area contributed by atoms with Crippen molar-refractivity contribution in [3.8, 4) is 0 Å². The smallest absolute Gasteiger partial charge is 0.0247 e. The van der Waals surface area contributed by atoms with Crippen LogP contribution in [0.3, 0.4) is 0 Å². The molecule has 0 heterocycles. The summed E-state index contributed by atoms with van der Waals surface area (Å²) in [4.78, 5) is 0. The third-order valence-electron chi connectivity index (χ3n) is 2.99. The van der Waals surface area contributed by atoms with Gasteiger partial charge < -0.3 is 0 Å². The number of alkyl halides is 1. The molecule has 0 spiro atoms. The van der Waals surface area contributed by atoms with Crippen molar-refractivity contribution in [2.75, 3.05) is 5.33 Å². The van der Waals surface area contributed by atoms with Crippen LogP contribution >= 0.6 is 27.5 Å². The van der Waals surface area contributed by atoms with Gasteiger partial charge in [-0.25, -0.2) is 0 Å². The summed E-state index contributed by atoms with van der Waals surface area (Å²) >= 11 is 9.72. The van der Waals surface area contributed by atoms with Gasteiger partial charge in [-0.05, 0) is 31.3 Å². The molecule has 2 aliphatic carbocycles. The van der Waals surface area contributed by atoms with Crippen LogP contribution in [0.4, 0.5) is 0 Å². The molecule has 2 rings (SSSR count). The van der Waals surface area contributed by atoms with Crippen molar-refractivity contribution in [2.45, 2.75) is 25.7 Å². The molecular formula is C11H14BrCl. The Hall–Kier alpha value is 0.250. The first-order valence-electron chi connectivity index (χ1n) is 4.95. The van der Waals surface area contributed by atoms with Crippen molar-refractivity contribution < 1.29 is 0 Å². The summed E-state index contributed by atoms with van der Waals surface area (Å²) < 4.78 is 0. The van der Waals surface area contributed by atoms with Gasteiger partial charge in [0.2, 0.25) is 0 Å². The van der Waals surface area contributed by atoms with Gasteiger partial charge in [-0.3, -0.25) is 0 Å². The van der Waals surface area contributed by atoms with Crippen LogP contribution in [-0.4, -0.2) is 5.33 Å². The van der Waals surface area contributed by atoms with Crippen molar-refractivity contribution in [3.05, 3.63) is 22.8 Å². The van der Waals surface area contributed by atoms with Crippen LogP contribution in [0.25, 0.3) is 0 Å². The van der Waals surface area contributed by atoms with E-state index in [1.807, 2.05) is 0 Å². The first-order chi connectivity index (χ1) is 6.33. The van der Waals surface area contributed by atoms with Gasteiger partial charge in [-0.1, -0.05) is 39.7 Å². The minimum Gasteiger partial charge on any atom is -0.0928 e. The van der Waals surface area contributed by atoms with E-state index in [9.17, 15) is 0 Å². The van der Waals surface area contributed by atoms with Crippen LogP contribution < -0.4 is 0 Å². The second-order valence-corrected chi connectivity index (χ2v) is 5.05. The fourth-order valence-corrected chi connectivity index (χ4v) is 3.07. The molecule has 0 aliphatic heterocycles. The lowest BCUT2D eigenvalue weighted by molar-refractivity contribution is 0.674. The van der Waals surface area contributed by atoms with Gasteiger partial charge in [0, 0.05) is 22.2 Å². The number of halogens is 2. The molecule has 0 radical (unpaired) electrons. The van der Waals surface area contributed by atoms with Gasteiger partial charge in [0.25, 0.3) is 0 Å². The third kappa shape index (κ3) is 1.87. The van der Waals surface area contributed by atoms with E-state index in [4.69, 9.17) is 11.6 Å². The summed E-state index contributed by atoms with van der Waals surface area (Å²) in [5.41, 5.74) is 1.52. The monoisotopic (exact) mass is 260 g/mol. The van der Waals surface area contributed by atoms with Crippen LogP contribution in [0.2, 0.25) is 0 Å². The molecule has 13 heavy (non-hydrogen) atoms. The average Bonchev–Trinajstić information content (AvgIpc) is 2.69. The number of allylic oxidation sites excluding steroid dienone is 4. The molecule has 0 fully saturated rings. The van der Waals surface area contributed by atoms with Crippen LogP contribution in [0.1, 0.15) is 25.7 Å². The first-order valence-corrected chi connectivity index (χ1v) is 6.45. The predicted octanol–water partition coefficient (Wildman–Crippen LogP) is 4.25. The molecule has 0 nitrogen and oxygen atoms in total. The van der Waals surface area contributed by atoms with Gasteiger partial charge in [-0.15, -0.1) is 0 Å². The average molecular weight is 262 g/mol. The van der Waals surface area contributed by atoms with Crippen LogP contribution in [0, 0.1) is 11.8 Å². The highest BCUT2D eigenvalue weighted by Gasteiger charge is 2.33. The highest BCUT2D eigenvalue weighted by molar-refractivity contribution is 9.09. The summed E-state index contributed by atoms with van der Waals surface area (Å²) in [6.45, 7) is 0. The van der Waals surface area contributed by atoms with Gasteiger partial charge in [0.05, 0.1) is 0 Å². The SMILES string of the molecule is ClC1=C(CCCCBr)C2C=CC1C2. The number of hydrogen-bond acceptors (Lipinski definition) is 0. The van der Waals surface area contributed by atoms with Crippen molar-refractivity contribution in [1.29, 1.82) is 0 Å². The lowest BCUT2D eigenvalue weighted by Crippen LogP contribution is -1.95. The fourth-order valence-electron chi connectivity index (χ4n) is 2.28. The van der Waals surface area contributed by atoms with Crippen LogP contribution in [-0.2, 0) is 0 Å². The quantitative estimate of drug-likeness (QED) is 0.403. The molecule has 0 saturated heterocycles. The van der Waals surface area contributed by atoms with E-state index in [0.29, 0.717) is 11.8 Å². The Morgan fingerprint density at radius 2 is 2.08 bits per heavy atom. The molecule has 2 aliphatic rings. The van der Waals surface area contributed by atoms with Crippen LogP contribution in [0.15, 0.2) is 22.8 Å². The zero-order valence-electron chi connectivity index (χ0n) is 7.60. The van der Waals surface area contributed by atoms with E-state index < -0.39 is 0 Å². The topological polar surface area (TPSA) is 0 Å². The highest BCUT2D eigenvalue weighted by atomic mass is 79.9. The summed E-state index contributed by atoms with van der Waals surface area (Å²) in [5, 5.41) is 2.27. The first kappa shape index (κ1) is 9.79. The Balaban J connectivity index is 1.92. The molecular weight excluding hydrogens is 247 g/mol. The van der Waals surface area contributed by atoms with Crippen molar-refractivity contribution in [1.82, 2.24) is 0 Å². The van der Waals surface area contributed by atoms with Crippen molar-refractivity contribution in [2.24, 2.45) is 11.8 Å². The zero-order chi connectivity index (χ0) is 9.26. The largest absolute Gasteiger partial charge is 0.0928 e. The zero-order valence-corrected chi connectivity index (χ0v) is 9.94. The van der Waals surface area contributed by atoms with E-state index in [2.05, 4.69) is 28.1 Å². The molecule has 2 bridgehead atoms. The molecule has 0 aromatic heterocycles. The number of rotatable bonds is 4. The number of hydrogen-bond donors (Lipinski definition) is 0. The van der Waals surface area contributed by atoms with Crippen LogP contribution in [0.5, 0.6) is 0 Å². The second-order valence-electron chi connectivity index (χ2n) is 3.85. The second kappa shape index (κ2) is 4.18. The molecule has 0 amide bonds. The van der Waals surface area contributed by atoms with Gasteiger partial charge >= 0.3 is 0 Å². The molecule has 2 heteroatoms. The van der Waals surface area contributed by atoms with Crippen molar-refractivity contribution in [3.63, 3.8) is 0 Å². The summed E-state index contributed by atoms with van der Waals surface area (Å²) in [7, 11) is 0. The van der Waals surface area contributed by atoms with E-state index in [0.717, 1.165) is 10.4 Å². The molecule has 0 N–H and O–H groups in total. The Morgan fingerprint density at radius 1 is 1.31 bits per heavy atom. The third-order valence-corrected chi connectivity index (χ3v) is 4.08. The maximum Gasteiger partial charge on any atom is 0.0247 e. The Bertz CT molecular complexity index is 255. The maximum absolute atomic E-state index is 6.27. The molecule has 0 aromatic rings. The molecule has 2 atom stereocenters. The number of unbranched alkanes of at least 4 members (excludes halogenated alkanes) is 1. The Kier molecular flexibility index (Phi) is 3.15. The molecule has 72 valence electrons. The van der Waals surface area contributed by atoms with Crippen molar-refractivity contribution >= 4 is 27.5 Å². The van der Waals surface area contributed by atoms with Gasteiger partial charge in [0.15, 0.2) is 0 Å². The van der Waals surface area contributed by atoms with Gasteiger partial charge in [0.1, 0.15) is 0 Å². The predicted molar refractivity (Wildman–Crippen MR) is 61.3 cm³/mol. The Morgan fingerprint density at radius 3 is 2.69 bits per heavy atom. The standard InChI is InChI=1S/C11H14BrCl/c12-6-2-1-3-10-8-4-5-9(7-8)11(10)13/h4-5,8-9H,1-3,6-7H2. The summed E-state index contributed by atoms with van der Waals surface area (Å²) in [6, 6.07) is 0. The molecule has 0 saturated carbocycles. The minimum atomic E-state index is 0.575. The summed E-state index contributed by atoms with van der Waals surface area (Å²) in [5.74, 6) is 1.26. The lowest BCUT2D eigenvalue weighted by Gasteiger charge is -2.11.